The summed E-state index contributed by atoms with van der Waals surface area (Å²) in [5.74, 6) is 0. The standard InChI is InChI=1S/C10H22O2/c1-6-10(7-11,8-12-5)9(2,3)4/h11H,6-8H2,1-5H3. The summed E-state index contributed by atoms with van der Waals surface area (Å²) in [6, 6.07) is 0. The van der Waals surface area contributed by atoms with Crippen molar-refractivity contribution in [1.82, 2.24) is 0 Å². The molecule has 0 radical (unpaired) electrons. The van der Waals surface area contributed by atoms with Gasteiger partial charge in [0.15, 0.2) is 0 Å². The maximum absolute atomic E-state index is 9.36. The van der Waals surface area contributed by atoms with E-state index >= 15 is 0 Å². The summed E-state index contributed by atoms with van der Waals surface area (Å²) in [5, 5.41) is 9.36. The molecule has 1 N–H and O–H groups in total. The van der Waals surface area contributed by atoms with E-state index in [1.807, 2.05) is 0 Å². The van der Waals surface area contributed by atoms with E-state index in [4.69, 9.17) is 4.74 Å². The third-order valence-electron chi connectivity index (χ3n) is 2.99. The quantitative estimate of drug-likeness (QED) is 0.707. The summed E-state index contributed by atoms with van der Waals surface area (Å²) in [6.07, 6.45) is 0.945. The zero-order valence-electron chi connectivity index (χ0n) is 8.98. The van der Waals surface area contributed by atoms with E-state index in [-0.39, 0.29) is 17.4 Å². The molecule has 0 amide bonds. The molecule has 0 aromatic carbocycles. The number of aliphatic hydroxyl groups is 1. The van der Waals surface area contributed by atoms with Gasteiger partial charge in [-0.3, -0.25) is 0 Å². The monoisotopic (exact) mass is 174 g/mol. The second-order valence-corrected chi connectivity index (χ2v) is 4.48. The summed E-state index contributed by atoms with van der Waals surface area (Å²) >= 11 is 0. The van der Waals surface area contributed by atoms with E-state index in [2.05, 4.69) is 27.7 Å². The number of rotatable bonds is 4. The molecule has 12 heavy (non-hydrogen) atoms. The van der Waals surface area contributed by atoms with Crippen molar-refractivity contribution >= 4 is 0 Å². The van der Waals surface area contributed by atoms with Gasteiger partial charge in [0.2, 0.25) is 0 Å². The highest BCUT2D eigenvalue weighted by Gasteiger charge is 2.39. The van der Waals surface area contributed by atoms with E-state index in [1.54, 1.807) is 7.11 Å². The van der Waals surface area contributed by atoms with Crippen LogP contribution in [-0.4, -0.2) is 25.4 Å². The van der Waals surface area contributed by atoms with Crippen LogP contribution in [0.5, 0.6) is 0 Å². The molecule has 0 aliphatic heterocycles. The first-order valence-electron chi connectivity index (χ1n) is 4.53. The topological polar surface area (TPSA) is 29.5 Å². The molecule has 74 valence electrons. The molecule has 0 heterocycles. The van der Waals surface area contributed by atoms with Gasteiger partial charge in [0.1, 0.15) is 0 Å². The lowest BCUT2D eigenvalue weighted by molar-refractivity contribution is -0.0501. The minimum Gasteiger partial charge on any atom is -0.396 e. The van der Waals surface area contributed by atoms with E-state index in [0.29, 0.717) is 6.61 Å². The second kappa shape index (κ2) is 4.24. The van der Waals surface area contributed by atoms with Crippen molar-refractivity contribution in [3.8, 4) is 0 Å². The van der Waals surface area contributed by atoms with E-state index in [9.17, 15) is 5.11 Å². The first kappa shape index (κ1) is 11.9. The summed E-state index contributed by atoms with van der Waals surface area (Å²) < 4.78 is 5.16. The van der Waals surface area contributed by atoms with Crippen LogP contribution in [0.15, 0.2) is 0 Å². The molecule has 1 atom stereocenters. The molecule has 0 bridgehead atoms. The Kier molecular flexibility index (Phi) is 4.21. The maximum atomic E-state index is 9.36. The predicted molar refractivity (Wildman–Crippen MR) is 51.1 cm³/mol. The summed E-state index contributed by atoms with van der Waals surface area (Å²) in [6.45, 7) is 9.36. The highest BCUT2D eigenvalue weighted by molar-refractivity contribution is 4.88. The van der Waals surface area contributed by atoms with Crippen LogP contribution in [0, 0.1) is 10.8 Å². The Balaban J connectivity index is 4.57. The first-order valence-corrected chi connectivity index (χ1v) is 4.53. The van der Waals surface area contributed by atoms with Crippen molar-refractivity contribution in [2.45, 2.75) is 34.1 Å². The van der Waals surface area contributed by atoms with Crippen molar-refractivity contribution in [2.24, 2.45) is 10.8 Å². The lowest BCUT2D eigenvalue weighted by atomic mass is 9.66. The smallest absolute Gasteiger partial charge is 0.0545 e. The Labute approximate surface area is 75.9 Å². The second-order valence-electron chi connectivity index (χ2n) is 4.48. The van der Waals surface area contributed by atoms with Crippen LogP contribution in [0.1, 0.15) is 34.1 Å². The third kappa shape index (κ3) is 2.20. The first-order chi connectivity index (χ1) is 5.43. The zero-order chi connectivity index (χ0) is 9.83. The molecular weight excluding hydrogens is 152 g/mol. The van der Waals surface area contributed by atoms with Crippen LogP contribution in [0.25, 0.3) is 0 Å². The minimum atomic E-state index is -0.0955. The number of ether oxygens (including phenoxy) is 1. The SMILES string of the molecule is CCC(CO)(COC)C(C)(C)C. The lowest BCUT2D eigenvalue weighted by Gasteiger charge is -2.42. The van der Waals surface area contributed by atoms with Crippen molar-refractivity contribution < 1.29 is 9.84 Å². The van der Waals surface area contributed by atoms with Crippen LogP contribution in [0.4, 0.5) is 0 Å². The normalized spacial score (nSPS) is 17.5. The van der Waals surface area contributed by atoms with E-state index in [0.717, 1.165) is 6.42 Å². The van der Waals surface area contributed by atoms with Gasteiger partial charge >= 0.3 is 0 Å². The summed E-state index contributed by atoms with van der Waals surface area (Å²) in [7, 11) is 1.69. The largest absolute Gasteiger partial charge is 0.396 e. The summed E-state index contributed by atoms with van der Waals surface area (Å²) in [5.41, 5.74) is -0.00569. The van der Waals surface area contributed by atoms with Crippen LogP contribution in [0.2, 0.25) is 0 Å². The van der Waals surface area contributed by atoms with Crippen molar-refractivity contribution in [1.29, 1.82) is 0 Å². The van der Waals surface area contributed by atoms with Gasteiger partial charge in [-0.1, -0.05) is 27.7 Å². The Hall–Kier alpha value is -0.0800. The molecule has 2 nitrogen and oxygen atoms in total. The molecule has 0 saturated carbocycles. The Morgan fingerprint density at radius 1 is 1.25 bits per heavy atom. The third-order valence-corrected chi connectivity index (χ3v) is 2.99. The molecule has 1 unspecified atom stereocenters. The Bertz CT molecular complexity index is 120. The van der Waals surface area contributed by atoms with Gasteiger partial charge in [0.25, 0.3) is 0 Å². The molecule has 0 rings (SSSR count). The molecule has 0 aromatic heterocycles. The van der Waals surface area contributed by atoms with Crippen molar-refractivity contribution in [3.63, 3.8) is 0 Å². The highest BCUT2D eigenvalue weighted by atomic mass is 16.5. The minimum absolute atomic E-state index is 0.0898. The van der Waals surface area contributed by atoms with Gasteiger partial charge < -0.3 is 9.84 Å². The lowest BCUT2D eigenvalue weighted by Crippen LogP contribution is -2.42. The van der Waals surface area contributed by atoms with Gasteiger partial charge in [-0.05, 0) is 11.8 Å². The molecule has 2 heteroatoms. The number of hydrogen-bond donors (Lipinski definition) is 1. The fourth-order valence-corrected chi connectivity index (χ4v) is 1.52. The van der Waals surface area contributed by atoms with E-state index < -0.39 is 0 Å². The van der Waals surface area contributed by atoms with Gasteiger partial charge in [0, 0.05) is 12.5 Å². The Morgan fingerprint density at radius 2 is 1.75 bits per heavy atom. The molecule has 0 saturated heterocycles. The molecule has 0 aliphatic carbocycles. The highest BCUT2D eigenvalue weighted by Crippen LogP contribution is 2.41. The van der Waals surface area contributed by atoms with Crippen LogP contribution in [0.3, 0.4) is 0 Å². The van der Waals surface area contributed by atoms with Gasteiger partial charge in [0.05, 0.1) is 13.2 Å². The van der Waals surface area contributed by atoms with E-state index in [1.165, 1.54) is 0 Å². The fourth-order valence-electron chi connectivity index (χ4n) is 1.52. The van der Waals surface area contributed by atoms with Gasteiger partial charge in [-0.25, -0.2) is 0 Å². The molecule has 0 aliphatic rings. The molecule has 0 spiro atoms. The van der Waals surface area contributed by atoms with Crippen LogP contribution < -0.4 is 0 Å². The van der Waals surface area contributed by atoms with Gasteiger partial charge in [-0.2, -0.15) is 0 Å². The van der Waals surface area contributed by atoms with Crippen molar-refractivity contribution in [3.05, 3.63) is 0 Å². The average Bonchev–Trinajstić information content (AvgIpc) is 1.98. The Morgan fingerprint density at radius 3 is 1.83 bits per heavy atom. The zero-order valence-corrected chi connectivity index (χ0v) is 8.98. The molecule has 0 fully saturated rings. The molecular formula is C10H22O2. The van der Waals surface area contributed by atoms with Gasteiger partial charge in [-0.15, -0.1) is 0 Å². The maximum Gasteiger partial charge on any atom is 0.0545 e. The summed E-state index contributed by atoms with van der Waals surface area (Å²) in [4.78, 5) is 0. The number of aliphatic hydroxyl groups excluding tert-OH is 1. The van der Waals surface area contributed by atoms with Crippen molar-refractivity contribution in [2.75, 3.05) is 20.3 Å². The number of hydrogen-bond acceptors (Lipinski definition) is 2. The molecule has 0 aromatic rings. The average molecular weight is 174 g/mol. The van der Waals surface area contributed by atoms with Crippen LogP contribution in [-0.2, 0) is 4.74 Å². The predicted octanol–water partition coefficient (Wildman–Crippen LogP) is 2.07. The number of methoxy groups -OCH3 is 1. The van der Waals surface area contributed by atoms with Crippen LogP contribution >= 0.6 is 0 Å². The fraction of sp³-hybridized carbons (Fsp3) is 1.00.